The summed E-state index contributed by atoms with van der Waals surface area (Å²) < 4.78 is 0. The van der Waals surface area contributed by atoms with Gasteiger partial charge < -0.3 is 10.4 Å². The molecule has 108 valence electrons. The Balaban J connectivity index is 1.97. The summed E-state index contributed by atoms with van der Waals surface area (Å²) in [6, 6.07) is 9.41. The molecule has 1 aromatic rings. The van der Waals surface area contributed by atoms with Crippen molar-refractivity contribution in [1.82, 2.24) is 5.32 Å². The van der Waals surface area contributed by atoms with Gasteiger partial charge in [0.2, 0.25) is 5.91 Å². The highest BCUT2D eigenvalue weighted by atomic mass is 16.4. The van der Waals surface area contributed by atoms with Crippen LogP contribution in [0.4, 0.5) is 0 Å². The van der Waals surface area contributed by atoms with Gasteiger partial charge in [-0.15, -0.1) is 0 Å². The van der Waals surface area contributed by atoms with E-state index in [2.05, 4.69) is 17.4 Å². The van der Waals surface area contributed by atoms with Crippen molar-refractivity contribution in [1.29, 1.82) is 0 Å². The standard InChI is InChI=1S/C16H21NO3/c1-11(16(19)20)17-15(18)14-9-5-8-13(10-14)12-6-3-2-4-7-12/h2-4,6-7,11,13-14H,5,8-10H2,1H3,(H,17,18)(H,19,20)/t11-,13-,14+/m0/s1. The van der Waals surface area contributed by atoms with E-state index in [0.717, 1.165) is 25.7 Å². The Labute approximate surface area is 119 Å². The zero-order valence-electron chi connectivity index (χ0n) is 11.7. The van der Waals surface area contributed by atoms with Crippen molar-refractivity contribution in [2.45, 2.75) is 44.6 Å². The maximum atomic E-state index is 12.1. The fraction of sp³-hybridized carbons (Fsp3) is 0.500. The van der Waals surface area contributed by atoms with Crippen LogP contribution in [-0.4, -0.2) is 23.0 Å². The molecule has 0 aromatic heterocycles. The van der Waals surface area contributed by atoms with E-state index in [1.54, 1.807) is 0 Å². The second-order valence-corrected chi connectivity index (χ2v) is 5.54. The lowest BCUT2D eigenvalue weighted by Gasteiger charge is -2.29. The van der Waals surface area contributed by atoms with Crippen molar-refractivity contribution < 1.29 is 14.7 Å². The molecular weight excluding hydrogens is 254 g/mol. The molecule has 1 saturated carbocycles. The lowest BCUT2D eigenvalue weighted by molar-refractivity contribution is -0.142. The Morgan fingerprint density at radius 1 is 1.25 bits per heavy atom. The van der Waals surface area contributed by atoms with Crippen LogP contribution in [0.15, 0.2) is 30.3 Å². The molecule has 3 atom stereocenters. The minimum atomic E-state index is -0.992. The van der Waals surface area contributed by atoms with Gasteiger partial charge in [-0.1, -0.05) is 36.8 Å². The fourth-order valence-electron chi connectivity index (χ4n) is 2.85. The molecule has 4 heteroatoms. The van der Waals surface area contributed by atoms with Gasteiger partial charge in [0.15, 0.2) is 0 Å². The molecule has 1 amide bonds. The van der Waals surface area contributed by atoms with Crippen LogP contribution in [0.2, 0.25) is 0 Å². The smallest absolute Gasteiger partial charge is 0.325 e. The molecule has 0 radical (unpaired) electrons. The van der Waals surface area contributed by atoms with Gasteiger partial charge in [0, 0.05) is 5.92 Å². The third kappa shape index (κ3) is 3.59. The molecule has 0 saturated heterocycles. The quantitative estimate of drug-likeness (QED) is 0.887. The van der Waals surface area contributed by atoms with Gasteiger partial charge in [0.25, 0.3) is 0 Å². The van der Waals surface area contributed by atoms with Crippen LogP contribution in [0.1, 0.15) is 44.1 Å². The third-order valence-electron chi connectivity index (χ3n) is 4.05. The number of aliphatic carboxylic acids is 1. The van der Waals surface area contributed by atoms with Crippen LogP contribution in [0, 0.1) is 5.92 Å². The molecule has 2 rings (SSSR count). The summed E-state index contributed by atoms with van der Waals surface area (Å²) in [7, 11) is 0. The number of carboxylic acid groups (broad SMARTS) is 1. The molecule has 0 unspecified atom stereocenters. The number of nitrogens with one attached hydrogen (secondary N) is 1. The molecule has 1 aliphatic carbocycles. The second kappa shape index (κ2) is 6.55. The lowest BCUT2D eigenvalue weighted by Crippen LogP contribution is -2.42. The maximum Gasteiger partial charge on any atom is 0.325 e. The van der Waals surface area contributed by atoms with Crippen molar-refractivity contribution in [2.24, 2.45) is 5.92 Å². The topological polar surface area (TPSA) is 66.4 Å². The first-order valence-electron chi connectivity index (χ1n) is 7.16. The van der Waals surface area contributed by atoms with Crippen molar-refractivity contribution >= 4 is 11.9 Å². The number of carbonyl (C=O) groups is 2. The molecule has 4 nitrogen and oxygen atoms in total. The third-order valence-corrected chi connectivity index (χ3v) is 4.05. The zero-order valence-corrected chi connectivity index (χ0v) is 11.7. The van der Waals surface area contributed by atoms with Crippen LogP contribution in [0.25, 0.3) is 0 Å². The molecule has 0 aliphatic heterocycles. The van der Waals surface area contributed by atoms with E-state index in [9.17, 15) is 9.59 Å². The van der Waals surface area contributed by atoms with Crippen LogP contribution in [0.3, 0.4) is 0 Å². The zero-order chi connectivity index (χ0) is 14.5. The summed E-state index contributed by atoms with van der Waals surface area (Å²) in [4.78, 5) is 22.9. The number of benzene rings is 1. The highest BCUT2D eigenvalue weighted by molar-refractivity contribution is 5.84. The Morgan fingerprint density at radius 3 is 2.60 bits per heavy atom. The summed E-state index contributed by atoms with van der Waals surface area (Å²) in [5.74, 6) is -0.786. The average molecular weight is 275 g/mol. The van der Waals surface area contributed by atoms with Crippen LogP contribution >= 0.6 is 0 Å². The largest absolute Gasteiger partial charge is 0.480 e. The second-order valence-electron chi connectivity index (χ2n) is 5.54. The van der Waals surface area contributed by atoms with E-state index < -0.39 is 12.0 Å². The van der Waals surface area contributed by atoms with Gasteiger partial charge in [-0.05, 0) is 37.7 Å². The Morgan fingerprint density at radius 2 is 1.95 bits per heavy atom. The van der Waals surface area contributed by atoms with Gasteiger partial charge in [-0.2, -0.15) is 0 Å². The number of carbonyl (C=O) groups excluding carboxylic acids is 1. The van der Waals surface area contributed by atoms with E-state index in [1.807, 2.05) is 18.2 Å². The SMILES string of the molecule is C[C@H](NC(=O)[C@@H]1CCC[C@H](c2ccccc2)C1)C(=O)O. The van der Waals surface area contributed by atoms with E-state index in [0.29, 0.717) is 5.92 Å². The molecule has 1 aromatic carbocycles. The molecule has 0 bridgehead atoms. The number of carboxylic acids is 1. The fourth-order valence-corrected chi connectivity index (χ4v) is 2.85. The van der Waals surface area contributed by atoms with E-state index in [4.69, 9.17) is 5.11 Å². The van der Waals surface area contributed by atoms with Gasteiger partial charge >= 0.3 is 5.97 Å². The van der Waals surface area contributed by atoms with Gasteiger partial charge in [0.05, 0.1) is 0 Å². The average Bonchev–Trinajstić information content (AvgIpc) is 2.48. The van der Waals surface area contributed by atoms with Crippen molar-refractivity contribution in [3.63, 3.8) is 0 Å². The van der Waals surface area contributed by atoms with Crippen molar-refractivity contribution in [3.05, 3.63) is 35.9 Å². The molecule has 2 N–H and O–H groups in total. The lowest BCUT2D eigenvalue weighted by atomic mass is 9.77. The van der Waals surface area contributed by atoms with Gasteiger partial charge in [-0.25, -0.2) is 0 Å². The summed E-state index contributed by atoms with van der Waals surface area (Å²) in [6.45, 7) is 1.50. The molecule has 1 aliphatic rings. The summed E-state index contributed by atoms with van der Waals surface area (Å²) in [5, 5.41) is 11.4. The van der Waals surface area contributed by atoms with Crippen LogP contribution < -0.4 is 5.32 Å². The van der Waals surface area contributed by atoms with E-state index >= 15 is 0 Å². The Kier molecular flexibility index (Phi) is 4.77. The monoisotopic (exact) mass is 275 g/mol. The predicted octanol–water partition coefficient (Wildman–Crippen LogP) is 2.55. The Hall–Kier alpha value is -1.84. The first-order valence-corrected chi connectivity index (χ1v) is 7.16. The highest BCUT2D eigenvalue weighted by Crippen LogP contribution is 2.36. The molecule has 0 heterocycles. The van der Waals surface area contributed by atoms with Gasteiger partial charge in [0.1, 0.15) is 6.04 Å². The number of rotatable bonds is 4. The molecule has 0 spiro atoms. The normalized spacial score (nSPS) is 23.9. The number of hydrogen-bond acceptors (Lipinski definition) is 2. The van der Waals surface area contributed by atoms with Gasteiger partial charge in [-0.3, -0.25) is 9.59 Å². The van der Waals surface area contributed by atoms with E-state index in [1.165, 1.54) is 12.5 Å². The van der Waals surface area contributed by atoms with Crippen molar-refractivity contribution in [2.75, 3.05) is 0 Å². The predicted molar refractivity (Wildman–Crippen MR) is 76.4 cm³/mol. The number of amides is 1. The summed E-state index contributed by atoms with van der Waals surface area (Å²) in [5.41, 5.74) is 1.27. The first-order chi connectivity index (χ1) is 9.58. The summed E-state index contributed by atoms with van der Waals surface area (Å²) in [6.07, 6.45) is 3.77. The van der Waals surface area contributed by atoms with Crippen molar-refractivity contribution in [3.8, 4) is 0 Å². The van der Waals surface area contributed by atoms with E-state index in [-0.39, 0.29) is 11.8 Å². The Bertz CT molecular complexity index is 472. The summed E-state index contributed by atoms with van der Waals surface area (Å²) >= 11 is 0. The number of hydrogen-bond donors (Lipinski definition) is 2. The minimum Gasteiger partial charge on any atom is -0.480 e. The highest BCUT2D eigenvalue weighted by Gasteiger charge is 2.29. The van der Waals surface area contributed by atoms with Crippen LogP contribution in [-0.2, 0) is 9.59 Å². The van der Waals surface area contributed by atoms with Crippen LogP contribution in [0.5, 0.6) is 0 Å². The molecule has 20 heavy (non-hydrogen) atoms. The molecular formula is C16H21NO3. The maximum absolute atomic E-state index is 12.1. The molecule has 1 fully saturated rings. The first kappa shape index (κ1) is 14.6. The minimum absolute atomic E-state index is 0.0734.